The Morgan fingerprint density at radius 3 is 2.50 bits per heavy atom. The van der Waals surface area contributed by atoms with Crippen molar-refractivity contribution >= 4 is 11.6 Å². The van der Waals surface area contributed by atoms with Crippen LogP contribution in [0.25, 0.3) is 0 Å². The molecule has 0 aliphatic rings. The molecule has 0 saturated heterocycles. The highest BCUT2D eigenvalue weighted by Crippen LogP contribution is 2.13. The molecule has 0 aliphatic carbocycles. The lowest BCUT2D eigenvalue weighted by molar-refractivity contribution is -0.113. The third-order valence-electron chi connectivity index (χ3n) is 3.15. The molecule has 0 aromatic heterocycles. The maximum atomic E-state index is 12.2. The van der Waals surface area contributed by atoms with Crippen LogP contribution < -0.4 is 5.32 Å². The molecule has 1 aromatic carbocycles. The van der Waals surface area contributed by atoms with E-state index in [1.807, 2.05) is 43.3 Å². The molecule has 0 unspecified atom stereocenters. The highest BCUT2D eigenvalue weighted by molar-refractivity contribution is 6.03. The largest absolute Gasteiger partial charge is 0.322 e. The van der Waals surface area contributed by atoms with E-state index in [4.69, 9.17) is 0 Å². The van der Waals surface area contributed by atoms with Gasteiger partial charge in [-0.05, 0) is 38.0 Å². The fourth-order valence-electron chi connectivity index (χ4n) is 2.06. The van der Waals surface area contributed by atoms with E-state index in [2.05, 4.69) is 18.0 Å². The van der Waals surface area contributed by atoms with Gasteiger partial charge in [0.1, 0.15) is 0 Å². The molecule has 1 rings (SSSR count). The molecule has 0 aliphatic heterocycles. The van der Waals surface area contributed by atoms with E-state index in [9.17, 15) is 4.79 Å². The second-order valence-electron chi connectivity index (χ2n) is 4.90. The summed E-state index contributed by atoms with van der Waals surface area (Å²) in [6, 6.07) is 9.56. The first-order valence-electron chi connectivity index (χ1n) is 7.54. The maximum absolute atomic E-state index is 12.2. The lowest BCUT2D eigenvalue weighted by atomic mass is 10.1. The molecule has 0 atom stereocenters. The first-order valence-corrected chi connectivity index (χ1v) is 7.54. The van der Waals surface area contributed by atoms with Crippen molar-refractivity contribution in [2.75, 3.05) is 5.32 Å². The van der Waals surface area contributed by atoms with E-state index in [0.29, 0.717) is 0 Å². The fourth-order valence-corrected chi connectivity index (χ4v) is 2.06. The van der Waals surface area contributed by atoms with E-state index in [1.54, 1.807) is 0 Å². The first-order chi connectivity index (χ1) is 9.77. The SMILES string of the molecule is CC=C=C(CCCCCCC)C(=O)Nc1ccccc1. The van der Waals surface area contributed by atoms with Crippen LogP contribution >= 0.6 is 0 Å². The number of anilines is 1. The summed E-state index contributed by atoms with van der Waals surface area (Å²) < 4.78 is 0. The molecular weight excluding hydrogens is 246 g/mol. The quantitative estimate of drug-likeness (QED) is 0.398. The Bertz CT molecular complexity index is 456. The molecular formula is C18H25NO. The minimum Gasteiger partial charge on any atom is -0.322 e. The van der Waals surface area contributed by atoms with Crippen LogP contribution in [0.1, 0.15) is 52.4 Å². The maximum Gasteiger partial charge on any atom is 0.259 e. The minimum atomic E-state index is -0.0372. The van der Waals surface area contributed by atoms with Gasteiger partial charge in [0, 0.05) is 5.69 Å². The average molecular weight is 271 g/mol. The van der Waals surface area contributed by atoms with E-state index in [1.165, 1.54) is 25.7 Å². The number of amides is 1. The third kappa shape index (κ3) is 6.40. The first kappa shape index (κ1) is 16.3. The molecule has 0 radical (unpaired) electrons. The smallest absolute Gasteiger partial charge is 0.259 e. The van der Waals surface area contributed by atoms with Crippen molar-refractivity contribution in [1.29, 1.82) is 0 Å². The van der Waals surface area contributed by atoms with E-state index < -0.39 is 0 Å². The number of benzene rings is 1. The highest BCUT2D eigenvalue weighted by Gasteiger charge is 2.08. The predicted octanol–water partition coefficient (Wildman–Crippen LogP) is 5.09. The van der Waals surface area contributed by atoms with Gasteiger partial charge in [-0.1, -0.05) is 50.8 Å². The van der Waals surface area contributed by atoms with Crippen LogP contribution in [0.15, 0.2) is 47.7 Å². The Balaban J connectivity index is 2.50. The Morgan fingerprint density at radius 1 is 1.15 bits per heavy atom. The van der Waals surface area contributed by atoms with Gasteiger partial charge in [0.05, 0.1) is 5.57 Å². The standard InChI is InChI=1S/C18H25NO/c1-3-5-6-7-9-13-16(12-4-2)18(20)19-17-14-10-8-11-15-17/h4,8,10-11,14-15H,3,5-7,9,13H2,1-2H3,(H,19,20). The molecule has 0 spiro atoms. The van der Waals surface area contributed by atoms with E-state index in [-0.39, 0.29) is 5.91 Å². The van der Waals surface area contributed by atoms with E-state index in [0.717, 1.165) is 24.1 Å². The number of para-hydroxylation sites is 1. The van der Waals surface area contributed by atoms with Crippen LogP contribution in [-0.4, -0.2) is 5.91 Å². The van der Waals surface area contributed by atoms with Gasteiger partial charge in [0.2, 0.25) is 0 Å². The van der Waals surface area contributed by atoms with Crippen LogP contribution in [-0.2, 0) is 4.79 Å². The Labute approximate surface area is 122 Å². The number of rotatable bonds is 8. The van der Waals surface area contributed by atoms with Gasteiger partial charge in [0.15, 0.2) is 0 Å². The van der Waals surface area contributed by atoms with Crippen LogP contribution in [0.4, 0.5) is 5.69 Å². The number of carbonyl (C=O) groups is 1. The van der Waals surface area contributed by atoms with Gasteiger partial charge < -0.3 is 5.32 Å². The summed E-state index contributed by atoms with van der Waals surface area (Å²) in [6.45, 7) is 4.10. The van der Waals surface area contributed by atoms with Crippen molar-refractivity contribution in [3.8, 4) is 0 Å². The van der Waals surface area contributed by atoms with Crippen molar-refractivity contribution in [3.05, 3.63) is 47.7 Å². The monoisotopic (exact) mass is 271 g/mol. The summed E-state index contributed by atoms with van der Waals surface area (Å²) >= 11 is 0. The molecule has 1 aromatic rings. The highest BCUT2D eigenvalue weighted by atomic mass is 16.1. The zero-order valence-corrected chi connectivity index (χ0v) is 12.6. The molecule has 0 heterocycles. The summed E-state index contributed by atoms with van der Waals surface area (Å²) in [7, 11) is 0. The lowest BCUT2D eigenvalue weighted by Gasteiger charge is -2.07. The van der Waals surface area contributed by atoms with Crippen molar-refractivity contribution < 1.29 is 4.79 Å². The average Bonchev–Trinajstić information content (AvgIpc) is 2.47. The van der Waals surface area contributed by atoms with E-state index >= 15 is 0 Å². The van der Waals surface area contributed by atoms with Crippen LogP contribution in [0.2, 0.25) is 0 Å². The molecule has 0 bridgehead atoms. The zero-order valence-electron chi connectivity index (χ0n) is 12.6. The zero-order chi connectivity index (χ0) is 14.6. The number of hydrogen-bond acceptors (Lipinski definition) is 1. The van der Waals surface area contributed by atoms with Crippen molar-refractivity contribution in [2.24, 2.45) is 0 Å². The topological polar surface area (TPSA) is 29.1 Å². The Morgan fingerprint density at radius 2 is 1.85 bits per heavy atom. The van der Waals surface area contributed by atoms with Gasteiger partial charge in [-0.2, -0.15) is 0 Å². The number of hydrogen-bond donors (Lipinski definition) is 1. The Hall–Kier alpha value is -1.79. The summed E-state index contributed by atoms with van der Waals surface area (Å²) in [5.41, 5.74) is 4.65. The van der Waals surface area contributed by atoms with Crippen LogP contribution in [0.5, 0.6) is 0 Å². The Kier molecular flexibility index (Phi) is 8.17. The molecule has 108 valence electrons. The van der Waals surface area contributed by atoms with Crippen molar-refractivity contribution in [3.63, 3.8) is 0 Å². The van der Waals surface area contributed by atoms with Crippen LogP contribution in [0, 0.1) is 0 Å². The fraction of sp³-hybridized carbons (Fsp3) is 0.444. The number of unbranched alkanes of at least 4 members (excludes halogenated alkanes) is 4. The van der Waals surface area contributed by atoms with Gasteiger partial charge in [-0.15, -0.1) is 5.73 Å². The number of nitrogens with one attached hydrogen (secondary N) is 1. The van der Waals surface area contributed by atoms with Crippen molar-refractivity contribution in [1.82, 2.24) is 0 Å². The van der Waals surface area contributed by atoms with Crippen molar-refractivity contribution in [2.45, 2.75) is 52.4 Å². The molecule has 20 heavy (non-hydrogen) atoms. The molecule has 1 amide bonds. The second kappa shape index (κ2) is 10.1. The minimum absolute atomic E-state index is 0.0372. The van der Waals surface area contributed by atoms with Gasteiger partial charge in [0.25, 0.3) is 5.91 Å². The summed E-state index contributed by atoms with van der Waals surface area (Å²) in [5.74, 6) is -0.0372. The number of carbonyl (C=O) groups excluding carboxylic acids is 1. The summed E-state index contributed by atoms with van der Waals surface area (Å²) in [5, 5.41) is 2.92. The lowest BCUT2D eigenvalue weighted by Crippen LogP contribution is -2.14. The van der Waals surface area contributed by atoms with Crippen LogP contribution in [0.3, 0.4) is 0 Å². The predicted molar refractivity (Wildman–Crippen MR) is 85.7 cm³/mol. The molecule has 0 saturated carbocycles. The van der Waals surface area contributed by atoms with Gasteiger partial charge in [-0.3, -0.25) is 4.79 Å². The molecule has 0 fully saturated rings. The molecule has 2 nitrogen and oxygen atoms in total. The van der Waals surface area contributed by atoms with Gasteiger partial charge >= 0.3 is 0 Å². The summed E-state index contributed by atoms with van der Waals surface area (Å²) in [6.07, 6.45) is 8.61. The molecule has 2 heteroatoms. The third-order valence-corrected chi connectivity index (χ3v) is 3.15. The second-order valence-corrected chi connectivity index (χ2v) is 4.90. The summed E-state index contributed by atoms with van der Waals surface area (Å²) in [4.78, 5) is 12.2. The van der Waals surface area contributed by atoms with Gasteiger partial charge in [-0.25, -0.2) is 0 Å². The normalized spacial score (nSPS) is 9.70. The molecule has 1 N–H and O–H groups in total.